The minimum absolute atomic E-state index is 0.625. The van der Waals surface area contributed by atoms with Crippen LogP contribution in [-0.2, 0) is 12.8 Å². The molecule has 0 N–H and O–H groups in total. The molecule has 2 atom stereocenters. The Labute approximate surface area is 172 Å². The maximum absolute atomic E-state index is 6.22. The average Bonchev–Trinajstić information content (AvgIpc) is 2.72. The largest absolute Gasteiger partial charge is 0.493 e. The molecule has 1 aliphatic carbocycles. The normalized spacial score (nSPS) is 23.0. The van der Waals surface area contributed by atoms with Crippen LogP contribution in [0.3, 0.4) is 0 Å². The highest BCUT2D eigenvalue weighted by atomic mass is 35.5. The van der Waals surface area contributed by atoms with Crippen molar-refractivity contribution in [3.8, 4) is 5.75 Å². The molecule has 0 spiro atoms. The Kier molecular flexibility index (Phi) is 6.31. The average molecular weight is 402 g/mol. The first-order valence-corrected chi connectivity index (χ1v) is 11.6. The molecule has 2 aliphatic rings. The van der Waals surface area contributed by atoms with Crippen LogP contribution in [0.15, 0.2) is 47.4 Å². The van der Waals surface area contributed by atoms with Crippen molar-refractivity contribution in [2.24, 2.45) is 5.92 Å². The molecule has 2 unspecified atom stereocenters. The number of hydrogen-bond acceptors (Lipinski definition) is 3. The molecule has 0 bridgehead atoms. The quantitative estimate of drug-likeness (QED) is 0.595. The smallest absolute Gasteiger partial charge is 0.119 e. The maximum atomic E-state index is 6.22. The van der Waals surface area contributed by atoms with Gasteiger partial charge in [0.25, 0.3) is 0 Å². The Morgan fingerprint density at radius 2 is 1.96 bits per heavy atom. The number of halogens is 1. The van der Waals surface area contributed by atoms with Gasteiger partial charge in [-0.25, -0.2) is 0 Å². The number of aryl methyl sites for hydroxylation is 1. The van der Waals surface area contributed by atoms with Crippen LogP contribution in [-0.4, -0.2) is 36.9 Å². The van der Waals surface area contributed by atoms with Gasteiger partial charge in [0.05, 0.1) is 6.61 Å². The van der Waals surface area contributed by atoms with E-state index in [1.54, 1.807) is 11.8 Å². The van der Waals surface area contributed by atoms with Crippen molar-refractivity contribution in [1.82, 2.24) is 4.90 Å². The van der Waals surface area contributed by atoms with Gasteiger partial charge in [-0.15, -0.1) is 11.8 Å². The summed E-state index contributed by atoms with van der Waals surface area (Å²) in [5, 5.41) is 0.867. The highest BCUT2D eigenvalue weighted by Crippen LogP contribution is 2.30. The maximum Gasteiger partial charge on any atom is 0.119 e. The fourth-order valence-electron chi connectivity index (χ4n) is 4.47. The van der Waals surface area contributed by atoms with Gasteiger partial charge in [0.1, 0.15) is 5.75 Å². The summed E-state index contributed by atoms with van der Waals surface area (Å²) in [6, 6.07) is 15.5. The second kappa shape index (κ2) is 8.89. The van der Waals surface area contributed by atoms with Gasteiger partial charge < -0.3 is 4.74 Å². The Morgan fingerprint density at radius 1 is 1.11 bits per heavy atom. The zero-order chi connectivity index (χ0) is 18.6. The van der Waals surface area contributed by atoms with E-state index in [-0.39, 0.29) is 0 Å². The Morgan fingerprint density at radius 3 is 2.78 bits per heavy atom. The standard InChI is InChI=1S/C23H28ClNOS/c1-27-23-10-8-22(9-11-23)26-16-17-3-2-12-25(15-17)21-7-5-18-4-6-20(24)13-19(18)14-21/h4,6,8-11,13,17,21H,2-3,5,7,12,14-16H2,1H3. The third-order valence-corrected chi connectivity index (χ3v) is 6.96. The van der Waals surface area contributed by atoms with Gasteiger partial charge in [-0.05, 0) is 92.4 Å². The molecule has 144 valence electrons. The van der Waals surface area contributed by atoms with Crippen LogP contribution < -0.4 is 4.74 Å². The summed E-state index contributed by atoms with van der Waals surface area (Å²) in [6.45, 7) is 3.20. The molecule has 2 aromatic carbocycles. The summed E-state index contributed by atoms with van der Waals surface area (Å²) >= 11 is 7.99. The van der Waals surface area contributed by atoms with Crippen LogP contribution in [0.2, 0.25) is 5.02 Å². The molecular formula is C23H28ClNOS. The van der Waals surface area contributed by atoms with Gasteiger partial charge in [-0.2, -0.15) is 0 Å². The van der Waals surface area contributed by atoms with Crippen molar-refractivity contribution in [3.05, 3.63) is 58.6 Å². The van der Waals surface area contributed by atoms with Crippen LogP contribution in [0.4, 0.5) is 0 Å². The molecule has 0 radical (unpaired) electrons. The van der Waals surface area contributed by atoms with E-state index >= 15 is 0 Å². The van der Waals surface area contributed by atoms with E-state index in [0.717, 1.165) is 30.3 Å². The Balaban J connectivity index is 1.32. The first kappa shape index (κ1) is 19.2. The van der Waals surface area contributed by atoms with Crippen LogP contribution in [0, 0.1) is 5.92 Å². The lowest BCUT2D eigenvalue weighted by Crippen LogP contribution is -2.46. The summed E-state index contributed by atoms with van der Waals surface area (Å²) in [7, 11) is 0. The number of thioether (sulfide) groups is 1. The van der Waals surface area contributed by atoms with Gasteiger partial charge in [0.2, 0.25) is 0 Å². The van der Waals surface area contributed by atoms with E-state index in [4.69, 9.17) is 16.3 Å². The molecule has 1 fully saturated rings. The summed E-state index contributed by atoms with van der Waals surface area (Å²) in [6.07, 6.45) is 8.23. The highest BCUT2D eigenvalue weighted by molar-refractivity contribution is 7.98. The summed E-state index contributed by atoms with van der Waals surface area (Å²) < 4.78 is 6.10. The number of ether oxygens (including phenoxy) is 1. The SMILES string of the molecule is CSc1ccc(OCC2CCCN(C3CCc4ccc(Cl)cc4C3)C2)cc1. The van der Waals surface area contributed by atoms with E-state index < -0.39 is 0 Å². The highest BCUT2D eigenvalue weighted by Gasteiger charge is 2.29. The van der Waals surface area contributed by atoms with Crippen molar-refractivity contribution in [2.75, 3.05) is 26.0 Å². The molecule has 0 aromatic heterocycles. The lowest BCUT2D eigenvalue weighted by Gasteiger charge is -2.40. The lowest BCUT2D eigenvalue weighted by molar-refractivity contribution is 0.0881. The summed E-state index contributed by atoms with van der Waals surface area (Å²) in [5.41, 5.74) is 2.94. The molecule has 1 saturated heterocycles. The summed E-state index contributed by atoms with van der Waals surface area (Å²) in [4.78, 5) is 3.99. The number of hydrogen-bond donors (Lipinski definition) is 0. The fourth-order valence-corrected chi connectivity index (χ4v) is 5.07. The van der Waals surface area contributed by atoms with Gasteiger partial charge in [-0.1, -0.05) is 17.7 Å². The fraction of sp³-hybridized carbons (Fsp3) is 0.478. The van der Waals surface area contributed by atoms with E-state index in [9.17, 15) is 0 Å². The van der Waals surface area contributed by atoms with E-state index in [0.29, 0.717) is 12.0 Å². The number of rotatable bonds is 5. The first-order chi connectivity index (χ1) is 13.2. The molecule has 0 amide bonds. The predicted octanol–water partition coefficient (Wildman–Crippen LogP) is 5.71. The van der Waals surface area contributed by atoms with Crippen LogP contribution >= 0.6 is 23.4 Å². The predicted molar refractivity (Wildman–Crippen MR) is 115 cm³/mol. The number of nitrogens with zero attached hydrogens (tertiary/aromatic N) is 1. The van der Waals surface area contributed by atoms with E-state index in [2.05, 4.69) is 47.6 Å². The van der Waals surface area contributed by atoms with Crippen molar-refractivity contribution in [3.63, 3.8) is 0 Å². The Bertz CT molecular complexity index is 763. The van der Waals surface area contributed by atoms with Gasteiger partial charge >= 0.3 is 0 Å². The number of fused-ring (bicyclic) bond motifs is 1. The van der Waals surface area contributed by atoms with Crippen molar-refractivity contribution >= 4 is 23.4 Å². The van der Waals surface area contributed by atoms with Crippen LogP contribution in [0.5, 0.6) is 5.75 Å². The van der Waals surface area contributed by atoms with Gasteiger partial charge in [-0.3, -0.25) is 4.90 Å². The third-order valence-electron chi connectivity index (χ3n) is 5.98. The minimum Gasteiger partial charge on any atom is -0.493 e. The van der Waals surface area contributed by atoms with Gasteiger partial charge in [0.15, 0.2) is 0 Å². The molecule has 2 nitrogen and oxygen atoms in total. The molecule has 4 heteroatoms. The lowest BCUT2D eigenvalue weighted by atomic mass is 9.86. The van der Waals surface area contributed by atoms with Crippen molar-refractivity contribution < 1.29 is 4.74 Å². The molecule has 4 rings (SSSR count). The molecule has 2 aromatic rings. The molecular weight excluding hydrogens is 374 g/mol. The molecule has 1 aliphatic heterocycles. The zero-order valence-corrected chi connectivity index (χ0v) is 17.6. The monoisotopic (exact) mass is 401 g/mol. The molecule has 0 saturated carbocycles. The van der Waals surface area contributed by atoms with Crippen LogP contribution in [0.25, 0.3) is 0 Å². The van der Waals surface area contributed by atoms with Crippen molar-refractivity contribution in [1.29, 1.82) is 0 Å². The van der Waals surface area contributed by atoms with Gasteiger partial charge in [0, 0.05) is 28.4 Å². The number of piperidine rings is 1. The third kappa shape index (κ3) is 4.82. The van der Waals surface area contributed by atoms with Crippen molar-refractivity contribution in [2.45, 2.75) is 43.0 Å². The second-order valence-electron chi connectivity index (χ2n) is 7.80. The first-order valence-electron chi connectivity index (χ1n) is 9.99. The van der Waals surface area contributed by atoms with E-state index in [1.165, 1.54) is 48.3 Å². The topological polar surface area (TPSA) is 12.5 Å². The molecule has 27 heavy (non-hydrogen) atoms. The number of likely N-dealkylation sites (tertiary alicyclic amines) is 1. The minimum atomic E-state index is 0.625. The second-order valence-corrected chi connectivity index (χ2v) is 9.12. The summed E-state index contributed by atoms with van der Waals surface area (Å²) in [5.74, 6) is 1.62. The van der Waals surface area contributed by atoms with Crippen LogP contribution in [0.1, 0.15) is 30.4 Å². The zero-order valence-electron chi connectivity index (χ0n) is 16.0. The number of benzene rings is 2. The Hall–Kier alpha value is -1.16. The van der Waals surface area contributed by atoms with E-state index in [1.807, 2.05) is 6.07 Å². The molecule has 1 heterocycles.